The summed E-state index contributed by atoms with van der Waals surface area (Å²) in [4.78, 5) is 14.0. The molecule has 0 bridgehead atoms. The van der Waals surface area contributed by atoms with Gasteiger partial charge in [0.25, 0.3) is 5.69 Å². The first-order valence-electron chi connectivity index (χ1n) is 8.12. The standard InChI is InChI=1S/C21H15N3O3/c1-15-3-2-4-17(11-15)18(13-22)12-16-5-8-20(9-6-16)27-21-10-7-19(14-23-21)24(25)26/h2-12,14H,1H3. The number of pyridine rings is 1. The summed E-state index contributed by atoms with van der Waals surface area (Å²) in [6.45, 7) is 1.98. The summed E-state index contributed by atoms with van der Waals surface area (Å²) in [6.07, 6.45) is 2.95. The van der Waals surface area contributed by atoms with E-state index in [1.54, 1.807) is 12.1 Å². The van der Waals surface area contributed by atoms with Crippen LogP contribution in [0.5, 0.6) is 11.6 Å². The van der Waals surface area contributed by atoms with Crippen LogP contribution in [0.1, 0.15) is 16.7 Å². The summed E-state index contributed by atoms with van der Waals surface area (Å²) in [6, 6.07) is 19.9. The van der Waals surface area contributed by atoms with Crippen LogP contribution >= 0.6 is 0 Å². The lowest BCUT2D eigenvalue weighted by Gasteiger charge is -2.05. The number of ether oxygens (including phenoxy) is 1. The second-order valence-electron chi connectivity index (χ2n) is 5.82. The summed E-state index contributed by atoms with van der Waals surface area (Å²) < 4.78 is 5.58. The van der Waals surface area contributed by atoms with Gasteiger partial charge < -0.3 is 4.74 Å². The summed E-state index contributed by atoms with van der Waals surface area (Å²) in [7, 11) is 0. The molecule has 0 aliphatic carbocycles. The molecule has 0 unspecified atom stereocenters. The average molecular weight is 357 g/mol. The third kappa shape index (κ3) is 4.55. The van der Waals surface area contributed by atoms with Gasteiger partial charge in [0, 0.05) is 12.1 Å². The van der Waals surface area contributed by atoms with Crippen LogP contribution in [0.3, 0.4) is 0 Å². The van der Waals surface area contributed by atoms with E-state index < -0.39 is 4.92 Å². The van der Waals surface area contributed by atoms with Crippen LogP contribution in [0, 0.1) is 28.4 Å². The van der Waals surface area contributed by atoms with Crippen molar-refractivity contribution in [1.82, 2.24) is 4.98 Å². The Balaban J connectivity index is 1.76. The Morgan fingerprint density at radius 3 is 2.56 bits per heavy atom. The fourth-order valence-corrected chi connectivity index (χ4v) is 2.45. The Hall–Kier alpha value is -3.98. The second-order valence-corrected chi connectivity index (χ2v) is 5.82. The number of allylic oxidation sites excluding steroid dienone is 1. The number of hydrogen-bond acceptors (Lipinski definition) is 5. The van der Waals surface area contributed by atoms with Crippen LogP contribution in [-0.2, 0) is 0 Å². The lowest BCUT2D eigenvalue weighted by Crippen LogP contribution is -1.91. The zero-order valence-corrected chi connectivity index (χ0v) is 14.5. The van der Waals surface area contributed by atoms with Gasteiger partial charge in [0.1, 0.15) is 11.9 Å². The molecule has 0 saturated heterocycles. The van der Waals surface area contributed by atoms with Crippen molar-refractivity contribution in [1.29, 1.82) is 5.26 Å². The Bertz CT molecular complexity index is 1030. The molecule has 132 valence electrons. The molecule has 0 N–H and O–H groups in total. The molecule has 0 atom stereocenters. The maximum Gasteiger partial charge on any atom is 0.287 e. The van der Waals surface area contributed by atoms with Gasteiger partial charge in [0.05, 0.1) is 16.6 Å². The van der Waals surface area contributed by atoms with Crippen molar-refractivity contribution in [2.75, 3.05) is 0 Å². The summed E-state index contributed by atoms with van der Waals surface area (Å²) in [5.74, 6) is 0.809. The molecule has 27 heavy (non-hydrogen) atoms. The number of aromatic nitrogens is 1. The number of aryl methyl sites for hydroxylation is 1. The summed E-state index contributed by atoms with van der Waals surface area (Å²) >= 11 is 0. The lowest BCUT2D eigenvalue weighted by atomic mass is 10.0. The zero-order chi connectivity index (χ0) is 19.2. The first kappa shape index (κ1) is 17.8. The fraction of sp³-hybridized carbons (Fsp3) is 0.0476. The Morgan fingerprint density at radius 1 is 1.19 bits per heavy atom. The minimum absolute atomic E-state index is 0.0944. The van der Waals surface area contributed by atoms with Crippen molar-refractivity contribution in [2.45, 2.75) is 6.92 Å². The first-order chi connectivity index (χ1) is 13.0. The first-order valence-corrected chi connectivity index (χ1v) is 8.12. The smallest absolute Gasteiger partial charge is 0.287 e. The van der Waals surface area contributed by atoms with E-state index in [0.29, 0.717) is 11.3 Å². The SMILES string of the molecule is Cc1cccc(C(C#N)=Cc2ccc(Oc3ccc([N+](=O)[O-])cn3)cc2)c1. The van der Waals surface area contributed by atoms with Crippen LogP contribution in [0.2, 0.25) is 0 Å². The van der Waals surface area contributed by atoms with E-state index in [1.165, 1.54) is 12.1 Å². The van der Waals surface area contributed by atoms with Crippen LogP contribution in [-0.4, -0.2) is 9.91 Å². The number of nitriles is 1. The van der Waals surface area contributed by atoms with Crippen LogP contribution in [0.15, 0.2) is 66.9 Å². The van der Waals surface area contributed by atoms with Crippen LogP contribution in [0.25, 0.3) is 11.6 Å². The van der Waals surface area contributed by atoms with Gasteiger partial charge >= 0.3 is 0 Å². The van der Waals surface area contributed by atoms with Crippen molar-refractivity contribution in [3.05, 3.63) is 93.7 Å². The molecule has 3 aromatic rings. The molecule has 0 saturated carbocycles. The third-order valence-corrected chi connectivity index (χ3v) is 3.79. The lowest BCUT2D eigenvalue weighted by molar-refractivity contribution is -0.385. The van der Waals surface area contributed by atoms with Crippen molar-refractivity contribution in [3.8, 4) is 17.7 Å². The normalized spacial score (nSPS) is 10.9. The summed E-state index contributed by atoms with van der Waals surface area (Å²) in [5, 5.41) is 20.1. The molecule has 6 heteroatoms. The summed E-state index contributed by atoms with van der Waals surface area (Å²) in [5.41, 5.74) is 3.30. The van der Waals surface area contributed by atoms with Gasteiger partial charge in [-0.1, -0.05) is 42.0 Å². The van der Waals surface area contributed by atoms with E-state index in [0.717, 1.165) is 22.9 Å². The largest absolute Gasteiger partial charge is 0.439 e. The van der Waals surface area contributed by atoms with E-state index in [9.17, 15) is 15.4 Å². The van der Waals surface area contributed by atoms with E-state index in [4.69, 9.17) is 4.74 Å². The maximum atomic E-state index is 10.6. The molecule has 0 spiro atoms. The number of nitrogens with zero attached hydrogens (tertiary/aromatic N) is 3. The maximum absolute atomic E-state index is 10.6. The van der Waals surface area contributed by atoms with Gasteiger partial charge in [-0.2, -0.15) is 5.26 Å². The van der Waals surface area contributed by atoms with E-state index in [-0.39, 0.29) is 11.6 Å². The monoisotopic (exact) mass is 357 g/mol. The Morgan fingerprint density at radius 2 is 1.96 bits per heavy atom. The molecular weight excluding hydrogens is 342 g/mol. The molecule has 0 aliphatic rings. The molecule has 0 aliphatic heterocycles. The minimum atomic E-state index is -0.515. The molecule has 1 aromatic heterocycles. The van der Waals surface area contributed by atoms with E-state index >= 15 is 0 Å². The number of benzene rings is 2. The third-order valence-electron chi connectivity index (χ3n) is 3.79. The van der Waals surface area contributed by atoms with Gasteiger partial charge in [0.2, 0.25) is 5.88 Å². The highest BCUT2D eigenvalue weighted by Crippen LogP contribution is 2.24. The molecule has 6 nitrogen and oxygen atoms in total. The molecule has 0 fully saturated rings. The highest BCUT2D eigenvalue weighted by atomic mass is 16.6. The van der Waals surface area contributed by atoms with Gasteiger partial charge in [-0.25, -0.2) is 4.98 Å². The van der Waals surface area contributed by atoms with Crippen LogP contribution in [0.4, 0.5) is 5.69 Å². The predicted octanol–water partition coefficient (Wildman–Crippen LogP) is 5.15. The van der Waals surface area contributed by atoms with Crippen molar-refractivity contribution >= 4 is 17.3 Å². The van der Waals surface area contributed by atoms with Gasteiger partial charge in [-0.15, -0.1) is 0 Å². The molecular formula is C21H15N3O3. The molecule has 0 radical (unpaired) electrons. The number of rotatable bonds is 5. The van der Waals surface area contributed by atoms with E-state index in [1.807, 2.05) is 49.4 Å². The average Bonchev–Trinajstić information content (AvgIpc) is 2.68. The zero-order valence-electron chi connectivity index (χ0n) is 14.5. The van der Waals surface area contributed by atoms with E-state index in [2.05, 4.69) is 11.1 Å². The van der Waals surface area contributed by atoms with Gasteiger partial charge in [-0.3, -0.25) is 10.1 Å². The fourth-order valence-electron chi connectivity index (χ4n) is 2.45. The van der Waals surface area contributed by atoms with Crippen molar-refractivity contribution in [2.24, 2.45) is 0 Å². The van der Waals surface area contributed by atoms with Gasteiger partial charge in [-0.05, 0) is 36.3 Å². The Labute approximate surface area is 156 Å². The number of hydrogen-bond donors (Lipinski definition) is 0. The Kier molecular flexibility index (Phi) is 5.24. The van der Waals surface area contributed by atoms with Crippen molar-refractivity contribution < 1.29 is 9.66 Å². The highest BCUT2D eigenvalue weighted by Gasteiger charge is 2.07. The second kappa shape index (κ2) is 7.93. The number of nitro groups is 1. The van der Waals surface area contributed by atoms with Gasteiger partial charge in [0.15, 0.2) is 0 Å². The molecule has 2 aromatic carbocycles. The predicted molar refractivity (Wildman–Crippen MR) is 102 cm³/mol. The minimum Gasteiger partial charge on any atom is -0.439 e. The molecule has 1 heterocycles. The van der Waals surface area contributed by atoms with Crippen molar-refractivity contribution in [3.63, 3.8) is 0 Å². The molecule has 3 rings (SSSR count). The molecule has 0 amide bonds. The highest BCUT2D eigenvalue weighted by molar-refractivity contribution is 5.89. The van der Waals surface area contributed by atoms with Crippen LogP contribution < -0.4 is 4.74 Å². The quantitative estimate of drug-likeness (QED) is 0.272. The topological polar surface area (TPSA) is 89.0 Å².